The standard InChI is InChI=1S/C20H19BrF3N3O3/c1-12(2)30-17-7-6-15(21)8-13(17)11-25-27-19(29)10-18(28)26-16-5-3-4-14(9-16)20(22,23)24/h3-9,11-12H,10H2,1-2H3,(H,26,28)(H,27,29). The van der Waals surface area contributed by atoms with Crippen molar-refractivity contribution in [3.05, 3.63) is 58.1 Å². The van der Waals surface area contributed by atoms with Gasteiger partial charge in [0.1, 0.15) is 12.2 Å². The van der Waals surface area contributed by atoms with Crippen LogP contribution in [0.3, 0.4) is 0 Å². The van der Waals surface area contributed by atoms with Crippen LogP contribution in [0, 0.1) is 0 Å². The van der Waals surface area contributed by atoms with Crippen LogP contribution in [-0.4, -0.2) is 24.1 Å². The number of carbonyl (C=O) groups excluding carboxylic acids is 2. The zero-order valence-electron chi connectivity index (χ0n) is 16.1. The van der Waals surface area contributed by atoms with Crippen molar-refractivity contribution in [3.63, 3.8) is 0 Å². The van der Waals surface area contributed by atoms with Gasteiger partial charge < -0.3 is 10.1 Å². The predicted octanol–water partition coefficient (Wildman–Crippen LogP) is 4.73. The van der Waals surface area contributed by atoms with E-state index >= 15 is 0 Å². The number of hydrogen-bond acceptors (Lipinski definition) is 4. The molecule has 2 N–H and O–H groups in total. The molecule has 0 saturated heterocycles. The van der Waals surface area contributed by atoms with Gasteiger partial charge in [0.15, 0.2) is 0 Å². The SMILES string of the molecule is CC(C)Oc1ccc(Br)cc1C=NNC(=O)CC(=O)Nc1cccc(C(F)(F)F)c1. The van der Waals surface area contributed by atoms with Gasteiger partial charge in [-0.3, -0.25) is 9.59 Å². The Balaban J connectivity index is 1.94. The third-order valence-corrected chi connectivity index (χ3v) is 4.02. The van der Waals surface area contributed by atoms with Gasteiger partial charge >= 0.3 is 6.18 Å². The first-order valence-corrected chi connectivity index (χ1v) is 9.59. The van der Waals surface area contributed by atoms with Crippen LogP contribution in [0.25, 0.3) is 0 Å². The maximum Gasteiger partial charge on any atom is 0.416 e. The lowest BCUT2D eigenvalue weighted by molar-refractivity contribution is -0.137. The maximum absolute atomic E-state index is 12.7. The third kappa shape index (κ3) is 7.51. The van der Waals surface area contributed by atoms with E-state index in [0.717, 1.165) is 22.7 Å². The van der Waals surface area contributed by atoms with E-state index < -0.39 is 30.0 Å². The van der Waals surface area contributed by atoms with E-state index in [-0.39, 0.29) is 11.8 Å². The van der Waals surface area contributed by atoms with Crippen molar-refractivity contribution in [3.8, 4) is 5.75 Å². The Labute approximate surface area is 179 Å². The normalized spacial score (nSPS) is 11.6. The van der Waals surface area contributed by atoms with Crippen LogP contribution in [0.15, 0.2) is 52.0 Å². The van der Waals surface area contributed by atoms with E-state index in [0.29, 0.717) is 11.3 Å². The largest absolute Gasteiger partial charge is 0.490 e. The Morgan fingerprint density at radius 2 is 1.90 bits per heavy atom. The lowest BCUT2D eigenvalue weighted by Crippen LogP contribution is -2.24. The molecule has 2 aromatic rings. The monoisotopic (exact) mass is 485 g/mol. The van der Waals surface area contributed by atoms with Gasteiger partial charge in [-0.25, -0.2) is 5.43 Å². The minimum atomic E-state index is -4.53. The molecule has 2 rings (SSSR count). The second-order valence-corrected chi connectivity index (χ2v) is 7.36. The number of alkyl halides is 3. The molecule has 0 aromatic heterocycles. The van der Waals surface area contributed by atoms with Gasteiger partial charge in [-0.15, -0.1) is 0 Å². The highest BCUT2D eigenvalue weighted by molar-refractivity contribution is 9.10. The van der Waals surface area contributed by atoms with Gasteiger partial charge in [-0.2, -0.15) is 18.3 Å². The van der Waals surface area contributed by atoms with Crippen molar-refractivity contribution < 1.29 is 27.5 Å². The predicted molar refractivity (Wildman–Crippen MR) is 110 cm³/mol. The number of anilines is 1. The smallest absolute Gasteiger partial charge is 0.416 e. The summed E-state index contributed by atoms with van der Waals surface area (Å²) in [4.78, 5) is 23.8. The molecule has 2 amide bonds. The molecule has 0 radical (unpaired) electrons. The summed E-state index contributed by atoms with van der Waals surface area (Å²) >= 11 is 3.34. The number of amides is 2. The van der Waals surface area contributed by atoms with Gasteiger partial charge in [0.2, 0.25) is 11.8 Å². The summed E-state index contributed by atoms with van der Waals surface area (Å²) in [7, 11) is 0. The van der Waals surface area contributed by atoms with Crippen LogP contribution in [0.2, 0.25) is 0 Å². The molecule has 0 aliphatic carbocycles. The quantitative estimate of drug-likeness (QED) is 0.337. The number of nitrogens with zero attached hydrogens (tertiary/aromatic N) is 1. The average molecular weight is 486 g/mol. The van der Waals surface area contributed by atoms with Crippen LogP contribution in [0.5, 0.6) is 5.75 Å². The van der Waals surface area contributed by atoms with Crippen molar-refractivity contribution in [2.75, 3.05) is 5.32 Å². The van der Waals surface area contributed by atoms with Crippen LogP contribution in [-0.2, 0) is 15.8 Å². The fourth-order valence-electron chi connectivity index (χ4n) is 2.32. The van der Waals surface area contributed by atoms with Crippen LogP contribution in [0.4, 0.5) is 18.9 Å². The molecule has 30 heavy (non-hydrogen) atoms. The van der Waals surface area contributed by atoms with E-state index in [1.54, 1.807) is 18.2 Å². The molecule has 0 aliphatic heterocycles. The van der Waals surface area contributed by atoms with Gasteiger partial charge in [0.25, 0.3) is 0 Å². The van der Waals surface area contributed by atoms with Crippen molar-refractivity contribution in [2.24, 2.45) is 5.10 Å². The number of benzene rings is 2. The number of hydrogen-bond donors (Lipinski definition) is 2. The first-order valence-electron chi connectivity index (χ1n) is 8.80. The Morgan fingerprint density at radius 3 is 2.57 bits per heavy atom. The summed E-state index contributed by atoms with van der Waals surface area (Å²) in [6.45, 7) is 3.74. The summed E-state index contributed by atoms with van der Waals surface area (Å²) in [5, 5.41) is 6.06. The second kappa shape index (κ2) is 10.2. The van der Waals surface area contributed by atoms with Crippen LogP contribution >= 0.6 is 15.9 Å². The summed E-state index contributed by atoms with van der Waals surface area (Å²) in [5.41, 5.74) is 1.85. The van der Waals surface area contributed by atoms with E-state index in [4.69, 9.17) is 4.74 Å². The molecule has 0 heterocycles. The molecule has 0 bridgehead atoms. The Kier molecular flexibility index (Phi) is 7.99. The Bertz CT molecular complexity index is 946. The maximum atomic E-state index is 12.7. The highest BCUT2D eigenvalue weighted by Crippen LogP contribution is 2.30. The van der Waals surface area contributed by atoms with Gasteiger partial charge in [-0.1, -0.05) is 22.0 Å². The molecule has 0 spiro atoms. The molecule has 0 fully saturated rings. The number of hydrazone groups is 1. The number of halogens is 4. The van der Waals surface area contributed by atoms with E-state index in [2.05, 4.69) is 31.8 Å². The van der Waals surface area contributed by atoms with Crippen molar-refractivity contribution in [1.29, 1.82) is 0 Å². The highest BCUT2D eigenvalue weighted by atomic mass is 79.9. The lowest BCUT2D eigenvalue weighted by Gasteiger charge is -2.12. The topological polar surface area (TPSA) is 79.8 Å². The molecular formula is C20H19BrF3N3O3. The summed E-state index contributed by atoms with van der Waals surface area (Å²) in [5.74, 6) is -0.932. The number of rotatable bonds is 7. The minimum absolute atomic E-state index is 0.0595. The molecule has 0 unspecified atom stereocenters. The molecule has 0 aliphatic rings. The third-order valence-electron chi connectivity index (χ3n) is 3.52. The van der Waals surface area contributed by atoms with E-state index in [1.807, 2.05) is 13.8 Å². The summed E-state index contributed by atoms with van der Waals surface area (Å²) in [6.07, 6.45) is -3.84. The van der Waals surface area contributed by atoms with Gasteiger partial charge in [0, 0.05) is 15.7 Å². The molecule has 6 nitrogen and oxygen atoms in total. The fraction of sp³-hybridized carbons (Fsp3) is 0.250. The molecule has 0 atom stereocenters. The van der Waals surface area contributed by atoms with Gasteiger partial charge in [0.05, 0.1) is 17.9 Å². The van der Waals surface area contributed by atoms with Crippen LogP contribution < -0.4 is 15.5 Å². The number of nitrogens with one attached hydrogen (secondary N) is 2. The molecule has 10 heteroatoms. The number of ether oxygens (including phenoxy) is 1. The lowest BCUT2D eigenvalue weighted by atomic mass is 10.2. The van der Waals surface area contributed by atoms with Crippen LogP contribution in [0.1, 0.15) is 31.4 Å². The first kappa shape index (κ1) is 23.4. The van der Waals surface area contributed by atoms with Crippen molar-refractivity contribution >= 4 is 39.6 Å². The molecular weight excluding hydrogens is 467 g/mol. The van der Waals surface area contributed by atoms with Gasteiger partial charge in [-0.05, 0) is 50.2 Å². The minimum Gasteiger partial charge on any atom is -0.490 e. The summed E-state index contributed by atoms with van der Waals surface area (Å²) < 4.78 is 44.6. The zero-order chi connectivity index (χ0) is 22.3. The van der Waals surface area contributed by atoms with E-state index in [1.165, 1.54) is 12.3 Å². The molecule has 160 valence electrons. The zero-order valence-corrected chi connectivity index (χ0v) is 17.7. The molecule has 2 aromatic carbocycles. The van der Waals surface area contributed by atoms with Crippen molar-refractivity contribution in [2.45, 2.75) is 32.5 Å². The first-order chi connectivity index (χ1) is 14.0. The Morgan fingerprint density at radius 1 is 1.17 bits per heavy atom. The molecule has 0 saturated carbocycles. The fourth-order valence-corrected chi connectivity index (χ4v) is 2.70. The number of carbonyl (C=O) groups is 2. The van der Waals surface area contributed by atoms with Crippen molar-refractivity contribution in [1.82, 2.24) is 5.43 Å². The average Bonchev–Trinajstić information content (AvgIpc) is 2.63. The van der Waals surface area contributed by atoms with E-state index in [9.17, 15) is 22.8 Å². The second-order valence-electron chi connectivity index (χ2n) is 6.45. The summed E-state index contributed by atoms with van der Waals surface area (Å²) in [6, 6.07) is 9.42. The highest BCUT2D eigenvalue weighted by Gasteiger charge is 2.30. The Hall–Kier alpha value is -2.88.